The molecule has 9 heavy (non-hydrogen) atoms. The van der Waals surface area contributed by atoms with Crippen molar-refractivity contribution in [3.8, 4) is 0 Å². The SMILES string of the molecule is C[CH-]C.[CH-]=CC(C)C.[Y]. The molecule has 0 saturated carbocycles. The second kappa shape index (κ2) is 15.9. The van der Waals surface area contributed by atoms with E-state index in [2.05, 4.69) is 0 Å². The molecular formula is C8H16Y-2. The third-order valence-corrected chi connectivity index (χ3v) is 0.385. The van der Waals surface area contributed by atoms with Gasteiger partial charge in [0.1, 0.15) is 0 Å². The zero-order chi connectivity index (χ0) is 6.99. The first-order valence-corrected chi connectivity index (χ1v) is 2.98. The summed E-state index contributed by atoms with van der Waals surface area (Å²) in [5.41, 5.74) is 0. The third-order valence-electron chi connectivity index (χ3n) is 0.385. The molecule has 0 aliphatic carbocycles. The van der Waals surface area contributed by atoms with E-state index in [4.69, 9.17) is 6.58 Å². The van der Waals surface area contributed by atoms with Crippen molar-refractivity contribution in [3.63, 3.8) is 0 Å². The van der Waals surface area contributed by atoms with Crippen molar-refractivity contribution in [3.05, 3.63) is 19.1 Å². The van der Waals surface area contributed by atoms with Crippen LogP contribution in [-0.2, 0) is 32.7 Å². The molecule has 0 unspecified atom stereocenters. The first-order valence-electron chi connectivity index (χ1n) is 2.98. The predicted molar refractivity (Wildman–Crippen MR) is 39.4 cm³/mol. The van der Waals surface area contributed by atoms with E-state index in [1.807, 2.05) is 34.1 Å². The van der Waals surface area contributed by atoms with Gasteiger partial charge in [-0.1, -0.05) is 19.8 Å². The Balaban J connectivity index is -0.0000000800. The summed E-state index contributed by atoms with van der Waals surface area (Å²) >= 11 is 0. The summed E-state index contributed by atoms with van der Waals surface area (Å²) in [6.45, 7) is 13.1. The molecule has 0 aromatic heterocycles. The molecule has 0 N–H and O–H groups in total. The molecule has 0 aliphatic rings. The normalized spacial score (nSPS) is 6.78. The fraction of sp³-hybridized carbons (Fsp3) is 0.625. The van der Waals surface area contributed by atoms with Crippen molar-refractivity contribution < 1.29 is 32.7 Å². The van der Waals surface area contributed by atoms with E-state index < -0.39 is 0 Å². The van der Waals surface area contributed by atoms with E-state index in [9.17, 15) is 0 Å². The predicted octanol–water partition coefficient (Wildman–Crippen LogP) is 2.86. The van der Waals surface area contributed by atoms with Gasteiger partial charge in [-0.05, 0) is 0 Å². The van der Waals surface area contributed by atoms with Crippen molar-refractivity contribution in [1.29, 1.82) is 0 Å². The van der Waals surface area contributed by atoms with Gasteiger partial charge in [0.2, 0.25) is 0 Å². The fourth-order valence-corrected chi connectivity index (χ4v) is 0. The van der Waals surface area contributed by atoms with Crippen LogP contribution in [0.2, 0.25) is 0 Å². The second-order valence-corrected chi connectivity index (χ2v) is 2.01. The summed E-state index contributed by atoms with van der Waals surface area (Å²) in [4.78, 5) is 0. The summed E-state index contributed by atoms with van der Waals surface area (Å²) in [6.07, 6.45) is 3.67. The molecule has 0 bridgehead atoms. The molecular weight excluding hydrogens is 185 g/mol. The maximum absolute atomic E-state index is 5.05. The molecule has 0 aliphatic heterocycles. The standard InChI is InChI=1S/C5H9.C3H7.Y/c1-4-5(2)3;1-3-2;/h1,4-5H,2-3H3;3H,1-2H3;/q2*-1;. The van der Waals surface area contributed by atoms with Crippen LogP contribution in [0.3, 0.4) is 0 Å². The Morgan fingerprint density at radius 2 is 1.44 bits per heavy atom. The Hall–Kier alpha value is 0.844. The topological polar surface area (TPSA) is 0 Å². The monoisotopic (exact) mass is 201 g/mol. The van der Waals surface area contributed by atoms with Gasteiger partial charge >= 0.3 is 0 Å². The molecule has 0 rings (SSSR count). The van der Waals surface area contributed by atoms with Crippen LogP contribution in [0.4, 0.5) is 0 Å². The zero-order valence-corrected chi connectivity index (χ0v) is 9.73. The van der Waals surface area contributed by atoms with Crippen LogP contribution in [0.25, 0.3) is 0 Å². The first kappa shape index (κ1) is 16.4. The van der Waals surface area contributed by atoms with Gasteiger partial charge in [0, 0.05) is 32.7 Å². The van der Waals surface area contributed by atoms with Gasteiger partial charge in [-0.2, -0.15) is 13.8 Å². The van der Waals surface area contributed by atoms with Crippen LogP contribution >= 0.6 is 0 Å². The maximum atomic E-state index is 5.05. The van der Waals surface area contributed by atoms with E-state index in [0.29, 0.717) is 5.92 Å². The van der Waals surface area contributed by atoms with Crippen LogP contribution in [0.1, 0.15) is 27.7 Å². The minimum absolute atomic E-state index is 0. The number of rotatable bonds is 1. The van der Waals surface area contributed by atoms with Crippen LogP contribution in [-0.4, -0.2) is 0 Å². The Labute approximate surface area is 85.0 Å². The number of hydrogen-bond donors (Lipinski definition) is 0. The van der Waals surface area contributed by atoms with Gasteiger partial charge in [-0.15, -0.1) is 0 Å². The first-order chi connectivity index (χ1) is 3.68. The fourth-order valence-electron chi connectivity index (χ4n) is 0. The molecule has 1 radical (unpaired) electrons. The van der Waals surface area contributed by atoms with E-state index >= 15 is 0 Å². The van der Waals surface area contributed by atoms with Gasteiger partial charge in [0.05, 0.1) is 0 Å². The molecule has 0 spiro atoms. The van der Waals surface area contributed by atoms with Gasteiger partial charge in [0.25, 0.3) is 0 Å². The van der Waals surface area contributed by atoms with Crippen molar-refractivity contribution >= 4 is 0 Å². The van der Waals surface area contributed by atoms with Gasteiger partial charge in [-0.25, -0.2) is 0 Å². The Morgan fingerprint density at radius 1 is 1.33 bits per heavy atom. The van der Waals surface area contributed by atoms with Crippen LogP contribution in [0.5, 0.6) is 0 Å². The van der Waals surface area contributed by atoms with Crippen molar-refractivity contribution in [2.24, 2.45) is 5.92 Å². The molecule has 53 valence electrons. The zero-order valence-electron chi connectivity index (χ0n) is 6.89. The molecule has 0 amide bonds. The van der Waals surface area contributed by atoms with Gasteiger partial charge < -0.3 is 13.0 Å². The average molecular weight is 201 g/mol. The van der Waals surface area contributed by atoms with E-state index in [0.717, 1.165) is 0 Å². The summed E-state index contributed by atoms with van der Waals surface area (Å²) in [5, 5.41) is 0. The van der Waals surface area contributed by atoms with E-state index in [1.54, 1.807) is 6.08 Å². The Morgan fingerprint density at radius 3 is 1.44 bits per heavy atom. The summed E-state index contributed by atoms with van der Waals surface area (Å²) < 4.78 is 0. The molecule has 0 heterocycles. The largest absolute Gasteiger partial charge is 0.518 e. The van der Waals surface area contributed by atoms with Gasteiger partial charge in [-0.3, -0.25) is 6.08 Å². The molecule has 0 atom stereocenters. The van der Waals surface area contributed by atoms with Gasteiger partial charge in [0.15, 0.2) is 0 Å². The van der Waals surface area contributed by atoms with Crippen LogP contribution in [0, 0.1) is 18.9 Å². The molecule has 0 aromatic carbocycles. The average Bonchev–Trinajstić information content (AvgIpc) is 1.69. The quantitative estimate of drug-likeness (QED) is 0.572. The number of allylic oxidation sites excluding steroid dienone is 1. The van der Waals surface area contributed by atoms with E-state index in [1.165, 1.54) is 0 Å². The van der Waals surface area contributed by atoms with Crippen molar-refractivity contribution in [2.45, 2.75) is 27.7 Å². The smallest absolute Gasteiger partial charge is 0 e. The van der Waals surface area contributed by atoms with E-state index in [-0.39, 0.29) is 32.7 Å². The molecule has 0 saturated heterocycles. The molecule has 0 aromatic rings. The summed E-state index contributed by atoms with van der Waals surface area (Å²) in [6, 6.07) is 0. The molecule has 1 heteroatoms. The van der Waals surface area contributed by atoms with Crippen LogP contribution in [0.15, 0.2) is 6.08 Å². The molecule has 0 fully saturated rings. The summed E-state index contributed by atoms with van der Waals surface area (Å²) in [5.74, 6) is 0.537. The summed E-state index contributed by atoms with van der Waals surface area (Å²) in [7, 11) is 0. The minimum Gasteiger partial charge on any atom is -0.518 e. The van der Waals surface area contributed by atoms with Crippen LogP contribution < -0.4 is 0 Å². The molecule has 0 nitrogen and oxygen atoms in total. The number of hydrogen-bond acceptors (Lipinski definition) is 0. The van der Waals surface area contributed by atoms with Crippen molar-refractivity contribution in [1.82, 2.24) is 0 Å². The minimum atomic E-state index is 0. The van der Waals surface area contributed by atoms with Crippen molar-refractivity contribution in [2.75, 3.05) is 0 Å². The Kier molecular flexibility index (Phi) is 29.1. The maximum Gasteiger partial charge on any atom is 0 e. The second-order valence-electron chi connectivity index (χ2n) is 2.01. The third kappa shape index (κ3) is 51.2. The Bertz CT molecular complexity index is 39.8.